The number of rotatable bonds is 8. The van der Waals surface area contributed by atoms with Gasteiger partial charge in [0.05, 0.1) is 22.6 Å². The first kappa shape index (κ1) is 21.2. The number of amides is 1. The molecule has 0 radical (unpaired) electrons. The van der Waals surface area contributed by atoms with Gasteiger partial charge in [-0.3, -0.25) is 4.79 Å². The van der Waals surface area contributed by atoms with E-state index in [1.54, 1.807) is 25.1 Å². The van der Waals surface area contributed by atoms with Gasteiger partial charge in [0, 0.05) is 6.54 Å². The molecule has 2 aromatic carbocycles. The van der Waals surface area contributed by atoms with Crippen molar-refractivity contribution in [3.8, 4) is 17.2 Å². The lowest BCUT2D eigenvalue weighted by molar-refractivity contribution is -0.122. The molecular formula is C19H21ClN2O6S. The van der Waals surface area contributed by atoms with Crippen molar-refractivity contribution in [2.75, 3.05) is 13.4 Å². The Morgan fingerprint density at radius 3 is 2.69 bits per heavy atom. The van der Waals surface area contributed by atoms with Crippen molar-refractivity contribution < 1.29 is 27.4 Å². The third-order valence-corrected chi connectivity index (χ3v) is 5.98. The minimum Gasteiger partial charge on any atom is -0.492 e. The molecule has 0 spiro atoms. The average Bonchev–Trinajstić information content (AvgIpc) is 3.15. The summed E-state index contributed by atoms with van der Waals surface area (Å²) in [6.45, 7) is 4.05. The summed E-state index contributed by atoms with van der Waals surface area (Å²) in [5.74, 6) is 1.18. The van der Waals surface area contributed by atoms with Crippen LogP contribution in [0.4, 0.5) is 0 Å². The number of ether oxygens (including phenoxy) is 3. The lowest BCUT2D eigenvalue weighted by Crippen LogP contribution is -2.44. The number of hydrogen-bond acceptors (Lipinski definition) is 6. The van der Waals surface area contributed by atoms with Crippen LogP contribution in [-0.2, 0) is 21.4 Å². The maximum absolute atomic E-state index is 12.5. The molecule has 0 bridgehead atoms. The van der Waals surface area contributed by atoms with E-state index >= 15 is 0 Å². The first-order valence-corrected chi connectivity index (χ1v) is 10.8. The standard InChI is InChI=1S/C19H21ClN2O6S/c1-3-26-16-7-5-14(9-15(16)20)29(24,25)22-12(2)19(23)21-10-13-4-6-17-18(8-13)28-11-27-17/h4-9,12,22H,3,10-11H2,1-2H3,(H,21,23)/t12-/m0/s1. The molecule has 10 heteroatoms. The summed E-state index contributed by atoms with van der Waals surface area (Å²) in [6, 6.07) is 8.46. The van der Waals surface area contributed by atoms with Crippen molar-refractivity contribution in [2.24, 2.45) is 0 Å². The second-order valence-electron chi connectivity index (χ2n) is 6.27. The third-order valence-electron chi connectivity index (χ3n) is 4.14. The van der Waals surface area contributed by atoms with Crippen LogP contribution in [0.2, 0.25) is 5.02 Å². The second kappa shape index (κ2) is 8.89. The molecule has 2 N–H and O–H groups in total. The lowest BCUT2D eigenvalue weighted by atomic mass is 10.2. The van der Waals surface area contributed by atoms with Gasteiger partial charge >= 0.3 is 0 Å². The van der Waals surface area contributed by atoms with Crippen LogP contribution in [0.3, 0.4) is 0 Å². The molecule has 1 aliphatic heterocycles. The second-order valence-corrected chi connectivity index (χ2v) is 8.39. The zero-order chi connectivity index (χ0) is 21.0. The smallest absolute Gasteiger partial charge is 0.241 e. The number of carbonyl (C=O) groups excluding carboxylic acids is 1. The topological polar surface area (TPSA) is 103 Å². The number of halogens is 1. The lowest BCUT2D eigenvalue weighted by Gasteiger charge is -2.15. The molecule has 156 valence electrons. The highest BCUT2D eigenvalue weighted by molar-refractivity contribution is 7.89. The molecule has 29 heavy (non-hydrogen) atoms. The van der Waals surface area contributed by atoms with Crippen LogP contribution in [0, 0.1) is 0 Å². The highest BCUT2D eigenvalue weighted by atomic mass is 35.5. The fraction of sp³-hybridized carbons (Fsp3) is 0.316. The van der Waals surface area contributed by atoms with Gasteiger partial charge < -0.3 is 19.5 Å². The van der Waals surface area contributed by atoms with Gasteiger partial charge in [-0.05, 0) is 49.7 Å². The molecule has 1 amide bonds. The number of fused-ring (bicyclic) bond motifs is 1. The molecule has 2 aromatic rings. The van der Waals surface area contributed by atoms with Gasteiger partial charge in [-0.1, -0.05) is 17.7 Å². The van der Waals surface area contributed by atoms with Gasteiger partial charge in [0.15, 0.2) is 11.5 Å². The van der Waals surface area contributed by atoms with Crippen LogP contribution < -0.4 is 24.2 Å². The van der Waals surface area contributed by atoms with E-state index in [2.05, 4.69) is 10.0 Å². The molecule has 1 atom stereocenters. The first-order chi connectivity index (χ1) is 13.8. The number of hydrogen-bond donors (Lipinski definition) is 2. The van der Waals surface area contributed by atoms with Crippen molar-refractivity contribution in [3.05, 3.63) is 47.0 Å². The fourth-order valence-corrected chi connectivity index (χ4v) is 4.20. The molecular weight excluding hydrogens is 420 g/mol. The molecule has 8 nitrogen and oxygen atoms in total. The van der Waals surface area contributed by atoms with Crippen LogP contribution in [0.1, 0.15) is 19.4 Å². The summed E-state index contributed by atoms with van der Waals surface area (Å²) in [5, 5.41) is 2.87. The quantitative estimate of drug-likeness (QED) is 0.653. The summed E-state index contributed by atoms with van der Waals surface area (Å²) < 4.78 is 43.3. The molecule has 1 aliphatic rings. The van der Waals surface area contributed by atoms with Crippen molar-refractivity contribution >= 4 is 27.5 Å². The molecule has 0 aliphatic carbocycles. The zero-order valence-electron chi connectivity index (χ0n) is 15.9. The number of nitrogens with one attached hydrogen (secondary N) is 2. The Labute approximate surface area is 174 Å². The maximum atomic E-state index is 12.5. The van der Waals surface area contributed by atoms with Crippen LogP contribution >= 0.6 is 11.6 Å². The highest BCUT2D eigenvalue weighted by Crippen LogP contribution is 2.32. The Hall–Kier alpha value is -2.49. The van der Waals surface area contributed by atoms with Gasteiger partial charge in [-0.25, -0.2) is 8.42 Å². The van der Waals surface area contributed by atoms with E-state index in [0.717, 1.165) is 5.56 Å². The van der Waals surface area contributed by atoms with Crippen LogP contribution in [0.15, 0.2) is 41.3 Å². The van der Waals surface area contributed by atoms with E-state index in [1.807, 2.05) is 0 Å². The van der Waals surface area contributed by atoms with Crippen molar-refractivity contribution in [3.63, 3.8) is 0 Å². The van der Waals surface area contributed by atoms with E-state index in [0.29, 0.717) is 23.9 Å². The summed E-state index contributed by atoms with van der Waals surface area (Å²) in [7, 11) is -3.94. The van der Waals surface area contributed by atoms with E-state index in [9.17, 15) is 13.2 Å². The Kier molecular flexibility index (Phi) is 6.51. The summed E-state index contributed by atoms with van der Waals surface area (Å²) in [5.41, 5.74) is 0.802. The highest BCUT2D eigenvalue weighted by Gasteiger charge is 2.23. The predicted molar refractivity (Wildman–Crippen MR) is 107 cm³/mol. The SMILES string of the molecule is CCOc1ccc(S(=O)(=O)N[C@@H](C)C(=O)NCc2ccc3c(c2)OCO3)cc1Cl. The number of benzene rings is 2. The number of carbonyl (C=O) groups is 1. The van der Waals surface area contributed by atoms with E-state index in [-0.39, 0.29) is 23.3 Å². The molecule has 0 fully saturated rings. The summed E-state index contributed by atoms with van der Waals surface area (Å²) >= 11 is 6.06. The summed E-state index contributed by atoms with van der Waals surface area (Å²) in [4.78, 5) is 12.3. The van der Waals surface area contributed by atoms with E-state index in [4.69, 9.17) is 25.8 Å². The van der Waals surface area contributed by atoms with Gasteiger partial charge in [0.25, 0.3) is 0 Å². The monoisotopic (exact) mass is 440 g/mol. The Balaban J connectivity index is 1.60. The Morgan fingerprint density at radius 2 is 1.97 bits per heavy atom. The van der Waals surface area contributed by atoms with Gasteiger partial charge in [-0.15, -0.1) is 0 Å². The Bertz CT molecular complexity index is 1010. The average molecular weight is 441 g/mol. The molecule has 1 heterocycles. The van der Waals surface area contributed by atoms with Crippen LogP contribution in [-0.4, -0.2) is 33.8 Å². The van der Waals surface area contributed by atoms with Gasteiger partial charge in [-0.2, -0.15) is 4.72 Å². The van der Waals surface area contributed by atoms with Crippen molar-refractivity contribution in [1.82, 2.24) is 10.0 Å². The fourth-order valence-electron chi connectivity index (χ4n) is 2.67. The third kappa shape index (κ3) is 5.11. The van der Waals surface area contributed by atoms with E-state index in [1.165, 1.54) is 25.1 Å². The normalized spacial score (nSPS) is 13.8. The zero-order valence-corrected chi connectivity index (χ0v) is 17.5. The van der Waals surface area contributed by atoms with Gasteiger partial charge in [0.2, 0.25) is 22.7 Å². The molecule has 0 aromatic heterocycles. The molecule has 0 saturated carbocycles. The Morgan fingerprint density at radius 1 is 1.21 bits per heavy atom. The van der Waals surface area contributed by atoms with E-state index < -0.39 is 22.0 Å². The van der Waals surface area contributed by atoms with Gasteiger partial charge in [0.1, 0.15) is 5.75 Å². The van der Waals surface area contributed by atoms with Crippen molar-refractivity contribution in [1.29, 1.82) is 0 Å². The van der Waals surface area contributed by atoms with Crippen molar-refractivity contribution in [2.45, 2.75) is 31.3 Å². The largest absolute Gasteiger partial charge is 0.492 e. The minimum absolute atomic E-state index is 0.0543. The van der Waals surface area contributed by atoms with Crippen LogP contribution in [0.25, 0.3) is 0 Å². The maximum Gasteiger partial charge on any atom is 0.241 e. The minimum atomic E-state index is -3.94. The molecule has 0 saturated heterocycles. The summed E-state index contributed by atoms with van der Waals surface area (Å²) in [6.07, 6.45) is 0. The molecule has 0 unspecified atom stereocenters. The first-order valence-electron chi connectivity index (χ1n) is 8.91. The number of sulfonamides is 1. The molecule has 3 rings (SSSR count). The van der Waals surface area contributed by atoms with Crippen LogP contribution in [0.5, 0.6) is 17.2 Å². The predicted octanol–water partition coefficient (Wildman–Crippen LogP) is 2.45.